The van der Waals surface area contributed by atoms with E-state index >= 15 is 0 Å². The average Bonchev–Trinajstić information content (AvgIpc) is 2.50. The van der Waals surface area contributed by atoms with Crippen LogP contribution >= 0.6 is 34.8 Å². The number of ether oxygens (including phenoxy) is 2. The summed E-state index contributed by atoms with van der Waals surface area (Å²) in [5.41, 5.74) is -0.682. The van der Waals surface area contributed by atoms with E-state index in [2.05, 4.69) is 4.74 Å². The van der Waals surface area contributed by atoms with E-state index < -0.39 is 29.2 Å². The van der Waals surface area contributed by atoms with Crippen molar-refractivity contribution in [3.8, 4) is 5.75 Å². The van der Waals surface area contributed by atoms with Gasteiger partial charge >= 0.3 is 17.9 Å². The highest BCUT2D eigenvalue weighted by molar-refractivity contribution is 6.46. The van der Waals surface area contributed by atoms with Crippen LogP contribution in [0.15, 0.2) is 6.07 Å². The van der Waals surface area contributed by atoms with Crippen LogP contribution in [0.3, 0.4) is 0 Å². The fraction of sp³-hybridized carbons (Fsp3) is 0.438. The van der Waals surface area contributed by atoms with Gasteiger partial charge in [-0.3, -0.25) is 0 Å². The van der Waals surface area contributed by atoms with Gasteiger partial charge in [0.2, 0.25) is 0 Å². The predicted octanol–water partition coefficient (Wildman–Crippen LogP) is 4.62. The van der Waals surface area contributed by atoms with Crippen LogP contribution in [0.2, 0.25) is 15.1 Å². The molecule has 25 heavy (non-hydrogen) atoms. The second-order valence-corrected chi connectivity index (χ2v) is 7.24. The van der Waals surface area contributed by atoms with Gasteiger partial charge in [0.15, 0.2) is 5.75 Å². The zero-order valence-electron chi connectivity index (χ0n) is 13.8. The number of aliphatic carboxylic acids is 1. The number of carboxylic acid groups (broad SMARTS) is 1. The fourth-order valence-corrected chi connectivity index (χ4v) is 2.80. The minimum absolute atomic E-state index is 0.0680. The molecule has 0 heterocycles. The van der Waals surface area contributed by atoms with Crippen LogP contribution in [0.25, 0.3) is 0 Å². The Hall–Kier alpha value is -1.50. The van der Waals surface area contributed by atoms with E-state index in [1.54, 1.807) is 0 Å². The summed E-state index contributed by atoms with van der Waals surface area (Å²) >= 11 is 17.8. The van der Waals surface area contributed by atoms with E-state index in [1.165, 1.54) is 0 Å². The summed E-state index contributed by atoms with van der Waals surface area (Å²) in [5, 5.41) is 8.10. The summed E-state index contributed by atoms with van der Waals surface area (Å²) in [6, 6.07) is 1.13. The molecular formula is C16H17Cl3O6. The molecule has 0 fully saturated rings. The molecule has 0 aliphatic carbocycles. The lowest BCUT2D eigenvalue weighted by Crippen LogP contribution is -2.24. The third-order valence-electron chi connectivity index (χ3n) is 3.22. The highest BCUT2D eigenvalue weighted by Crippen LogP contribution is 2.40. The van der Waals surface area contributed by atoms with Gasteiger partial charge in [-0.1, -0.05) is 62.0 Å². The second kappa shape index (κ2) is 8.74. The maximum atomic E-state index is 12.4. The van der Waals surface area contributed by atoms with E-state index in [0.717, 1.165) is 18.9 Å². The first-order chi connectivity index (χ1) is 11.5. The summed E-state index contributed by atoms with van der Waals surface area (Å²) in [4.78, 5) is 34.4. The van der Waals surface area contributed by atoms with Crippen molar-refractivity contribution >= 4 is 52.7 Å². The van der Waals surface area contributed by atoms with Crippen LogP contribution in [0, 0.1) is 5.41 Å². The number of halogens is 3. The molecule has 9 heteroatoms. The first-order valence-corrected chi connectivity index (χ1v) is 8.43. The molecule has 0 spiro atoms. The SMILES string of the molecule is CCCC(C)(C)COC(=O)c1c(Cl)c(Cl)cc(Cl)c1OC(=O)C(=O)O. The molecule has 0 aromatic heterocycles. The van der Waals surface area contributed by atoms with Gasteiger partial charge < -0.3 is 14.6 Å². The molecule has 0 saturated heterocycles. The minimum atomic E-state index is -1.86. The molecule has 0 radical (unpaired) electrons. The van der Waals surface area contributed by atoms with Crippen LogP contribution in [0.5, 0.6) is 5.75 Å². The summed E-state index contributed by atoms with van der Waals surface area (Å²) in [6.45, 7) is 5.91. The van der Waals surface area contributed by atoms with Crippen LogP contribution in [0.4, 0.5) is 0 Å². The maximum Gasteiger partial charge on any atom is 0.422 e. The molecule has 1 rings (SSSR count). The standard InChI is InChI=1S/C16H17Cl3O6/c1-4-5-16(2,3)7-24-14(22)10-11(19)8(17)6-9(18)12(10)25-15(23)13(20)21/h6H,4-5,7H2,1-3H3,(H,20,21). The van der Waals surface area contributed by atoms with Gasteiger partial charge in [-0.05, 0) is 17.9 Å². The number of benzene rings is 1. The fourth-order valence-electron chi connectivity index (χ4n) is 2.08. The van der Waals surface area contributed by atoms with Gasteiger partial charge in [-0.2, -0.15) is 0 Å². The lowest BCUT2D eigenvalue weighted by Gasteiger charge is -2.23. The van der Waals surface area contributed by atoms with Crippen LogP contribution in [-0.2, 0) is 14.3 Å². The number of esters is 2. The van der Waals surface area contributed by atoms with Crippen LogP contribution in [0.1, 0.15) is 44.0 Å². The Morgan fingerprint density at radius 1 is 1.16 bits per heavy atom. The first-order valence-electron chi connectivity index (χ1n) is 7.30. The number of hydrogen-bond donors (Lipinski definition) is 1. The molecule has 138 valence electrons. The van der Waals surface area contributed by atoms with Gasteiger partial charge in [-0.15, -0.1) is 0 Å². The molecule has 0 aliphatic heterocycles. The van der Waals surface area contributed by atoms with Crippen molar-refractivity contribution in [1.82, 2.24) is 0 Å². The van der Waals surface area contributed by atoms with Gasteiger partial charge in [-0.25, -0.2) is 14.4 Å². The molecule has 1 N–H and O–H groups in total. The van der Waals surface area contributed by atoms with E-state index in [0.29, 0.717) is 0 Å². The van der Waals surface area contributed by atoms with Crippen molar-refractivity contribution in [2.24, 2.45) is 5.41 Å². The third-order valence-corrected chi connectivity index (χ3v) is 4.29. The van der Waals surface area contributed by atoms with Crippen LogP contribution < -0.4 is 4.74 Å². The number of carboxylic acids is 1. The predicted molar refractivity (Wildman–Crippen MR) is 93.7 cm³/mol. The molecule has 6 nitrogen and oxygen atoms in total. The van der Waals surface area contributed by atoms with Gasteiger partial charge in [0.1, 0.15) is 5.56 Å². The van der Waals surface area contributed by atoms with E-state index in [-0.39, 0.29) is 27.1 Å². The first kappa shape index (κ1) is 21.5. The molecule has 0 amide bonds. The Morgan fingerprint density at radius 3 is 2.28 bits per heavy atom. The lowest BCUT2D eigenvalue weighted by atomic mass is 9.89. The van der Waals surface area contributed by atoms with Crippen molar-refractivity contribution in [1.29, 1.82) is 0 Å². The molecule has 0 atom stereocenters. The molecule has 0 unspecified atom stereocenters. The van der Waals surface area contributed by atoms with Crippen molar-refractivity contribution < 1.29 is 29.0 Å². The monoisotopic (exact) mass is 410 g/mol. The Morgan fingerprint density at radius 2 is 1.76 bits per heavy atom. The lowest BCUT2D eigenvalue weighted by molar-refractivity contribution is -0.158. The molecule has 0 aliphatic rings. The number of rotatable bonds is 6. The molecule has 0 bridgehead atoms. The molecular weight excluding hydrogens is 395 g/mol. The summed E-state index contributed by atoms with van der Waals surface area (Å²) in [5.74, 6) is -4.92. The Kier molecular flexibility index (Phi) is 7.53. The van der Waals surface area contributed by atoms with Crippen molar-refractivity contribution in [2.75, 3.05) is 6.61 Å². The number of carbonyl (C=O) groups excluding carboxylic acids is 2. The highest BCUT2D eigenvalue weighted by Gasteiger charge is 2.29. The van der Waals surface area contributed by atoms with Crippen molar-refractivity contribution in [2.45, 2.75) is 33.6 Å². The third kappa shape index (κ3) is 5.76. The zero-order valence-corrected chi connectivity index (χ0v) is 16.1. The molecule has 1 aromatic rings. The zero-order chi connectivity index (χ0) is 19.4. The summed E-state index contributed by atoms with van der Waals surface area (Å²) in [6.07, 6.45) is 1.71. The van der Waals surface area contributed by atoms with Gasteiger partial charge in [0, 0.05) is 0 Å². The number of carbonyl (C=O) groups is 3. The van der Waals surface area contributed by atoms with Gasteiger partial charge in [0.25, 0.3) is 0 Å². The van der Waals surface area contributed by atoms with E-state index in [1.807, 2.05) is 20.8 Å². The second-order valence-electron chi connectivity index (χ2n) is 6.04. The van der Waals surface area contributed by atoms with Crippen molar-refractivity contribution in [3.05, 3.63) is 26.7 Å². The van der Waals surface area contributed by atoms with Crippen LogP contribution in [-0.4, -0.2) is 29.6 Å². The normalized spacial score (nSPS) is 11.1. The Bertz CT molecular complexity index is 700. The highest BCUT2D eigenvalue weighted by atomic mass is 35.5. The topological polar surface area (TPSA) is 89.9 Å². The van der Waals surface area contributed by atoms with Gasteiger partial charge in [0.05, 0.1) is 21.7 Å². The quantitative estimate of drug-likeness (QED) is 0.318. The summed E-state index contributed by atoms with van der Waals surface area (Å²) in [7, 11) is 0. The maximum absolute atomic E-state index is 12.4. The van der Waals surface area contributed by atoms with E-state index in [9.17, 15) is 14.4 Å². The van der Waals surface area contributed by atoms with Crippen molar-refractivity contribution in [3.63, 3.8) is 0 Å². The molecule has 0 saturated carbocycles. The average molecular weight is 412 g/mol. The number of hydrogen-bond acceptors (Lipinski definition) is 5. The smallest absolute Gasteiger partial charge is 0.422 e. The van der Waals surface area contributed by atoms with E-state index in [4.69, 9.17) is 44.6 Å². The Labute approximate surface area is 159 Å². The summed E-state index contributed by atoms with van der Waals surface area (Å²) < 4.78 is 9.90. The minimum Gasteiger partial charge on any atom is -0.473 e. The molecule has 1 aromatic carbocycles. The largest absolute Gasteiger partial charge is 0.473 e. The Balaban J connectivity index is 3.21.